The molecule has 0 saturated carbocycles. The minimum Gasteiger partial charge on any atom is -0.399 e. The van der Waals surface area contributed by atoms with Gasteiger partial charge in [0.1, 0.15) is 11.6 Å². The maximum Gasteiger partial charge on any atom is 0.496 e. The van der Waals surface area contributed by atoms with Crippen LogP contribution < -0.4 is 16.5 Å². The highest BCUT2D eigenvalue weighted by molar-refractivity contribution is 6.62. The van der Waals surface area contributed by atoms with Crippen molar-refractivity contribution in [1.29, 1.82) is 0 Å². The van der Waals surface area contributed by atoms with Gasteiger partial charge in [-0.2, -0.15) is 0 Å². The highest BCUT2D eigenvalue weighted by atomic mass is 19.1. The minimum atomic E-state index is -0.622. The number of rotatable bonds is 2. The van der Waals surface area contributed by atoms with Gasteiger partial charge < -0.3 is 20.4 Å². The topological polar surface area (TPSA) is 86.5 Å². The van der Waals surface area contributed by atoms with Crippen LogP contribution in [0.4, 0.5) is 10.2 Å². The molecule has 2 aromatic rings. The number of hydrogen-bond acceptors (Lipinski definition) is 5. The van der Waals surface area contributed by atoms with E-state index in [2.05, 4.69) is 10.3 Å². The van der Waals surface area contributed by atoms with Gasteiger partial charge in [-0.3, -0.25) is 4.79 Å². The van der Waals surface area contributed by atoms with Gasteiger partial charge in [-0.25, -0.2) is 9.37 Å². The number of carbonyl (C=O) groups excluding carboxylic acids is 1. The monoisotopic (exact) mass is 383 g/mol. The SMILES string of the molecule is CC1(C)OB(c2cnc(N)c(-c3cc4c(cc3F)C(=O)NCC4)c2)OC1(C)C. The second-order valence-electron chi connectivity index (χ2n) is 8.28. The Bertz CT molecular complexity index is 961. The first-order chi connectivity index (χ1) is 13.1. The quantitative estimate of drug-likeness (QED) is 0.776. The molecule has 0 bridgehead atoms. The van der Waals surface area contributed by atoms with Crippen molar-refractivity contribution in [2.24, 2.45) is 0 Å². The van der Waals surface area contributed by atoms with E-state index in [0.717, 1.165) is 5.56 Å². The predicted molar refractivity (Wildman–Crippen MR) is 106 cm³/mol. The van der Waals surface area contributed by atoms with Crippen LogP contribution in [0.25, 0.3) is 11.1 Å². The molecule has 1 aromatic heterocycles. The summed E-state index contributed by atoms with van der Waals surface area (Å²) < 4.78 is 27.0. The molecule has 2 aliphatic heterocycles. The molecule has 1 fully saturated rings. The number of hydrogen-bond donors (Lipinski definition) is 2. The Morgan fingerprint density at radius 3 is 2.46 bits per heavy atom. The molecule has 0 radical (unpaired) electrons. The molecule has 3 heterocycles. The van der Waals surface area contributed by atoms with E-state index < -0.39 is 24.1 Å². The molecule has 4 rings (SSSR count). The van der Waals surface area contributed by atoms with Crippen molar-refractivity contribution in [3.8, 4) is 11.1 Å². The van der Waals surface area contributed by atoms with E-state index >= 15 is 0 Å². The molecule has 3 N–H and O–H groups in total. The molecule has 1 amide bonds. The summed E-state index contributed by atoms with van der Waals surface area (Å²) in [5.41, 5.74) is 7.66. The van der Waals surface area contributed by atoms with Gasteiger partial charge in [0, 0.05) is 34.9 Å². The normalized spacial score (nSPS) is 20.0. The molecule has 0 aliphatic carbocycles. The third-order valence-corrected chi connectivity index (χ3v) is 5.87. The average molecular weight is 383 g/mol. The van der Waals surface area contributed by atoms with E-state index in [9.17, 15) is 9.18 Å². The maximum absolute atomic E-state index is 14.8. The lowest BCUT2D eigenvalue weighted by Crippen LogP contribution is -2.41. The van der Waals surface area contributed by atoms with Gasteiger partial charge in [-0.1, -0.05) is 0 Å². The first kappa shape index (κ1) is 18.9. The number of anilines is 1. The molecular formula is C20H23BFN3O3. The lowest BCUT2D eigenvalue weighted by Gasteiger charge is -2.32. The number of pyridine rings is 1. The van der Waals surface area contributed by atoms with Crippen LogP contribution in [0.5, 0.6) is 0 Å². The zero-order chi connectivity index (χ0) is 20.3. The number of halogens is 1. The van der Waals surface area contributed by atoms with Gasteiger partial charge in [0.2, 0.25) is 0 Å². The van der Waals surface area contributed by atoms with Crippen molar-refractivity contribution < 1.29 is 18.5 Å². The van der Waals surface area contributed by atoms with Crippen molar-refractivity contribution in [2.45, 2.75) is 45.3 Å². The number of nitrogens with one attached hydrogen (secondary N) is 1. The molecule has 1 aromatic carbocycles. The lowest BCUT2D eigenvalue weighted by atomic mass is 9.79. The van der Waals surface area contributed by atoms with Crippen LogP contribution in [0.3, 0.4) is 0 Å². The van der Waals surface area contributed by atoms with E-state index in [0.29, 0.717) is 35.1 Å². The van der Waals surface area contributed by atoms with Crippen LogP contribution in [0.15, 0.2) is 24.4 Å². The molecule has 0 atom stereocenters. The van der Waals surface area contributed by atoms with E-state index in [1.54, 1.807) is 18.3 Å². The number of nitrogens with two attached hydrogens (primary N) is 1. The van der Waals surface area contributed by atoms with Gasteiger partial charge in [-0.15, -0.1) is 0 Å². The predicted octanol–water partition coefficient (Wildman–Crippen LogP) is 2.05. The molecule has 0 spiro atoms. The highest BCUT2D eigenvalue weighted by Crippen LogP contribution is 2.37. The third kappa shape index (κ3) is 2.97. The number of nitrogen functional groups attached to an aromatic ring is 1. The molecule has 28 heavy (non-hydrogen) atoms. The Morgan fingerprint density at radius 1 is 1.11 bits per heavy atom. The van der Waals surface area contributed by atoms with Gasteiger partial charge in [0.05, 0.1) is 11.2 Å². The summed E-state index contributed by atoms with van der Waals surface area (Å²) in [6.45, 7) is 8.39. The summed E-state index contributed by atoms with van der Waals surface area (Å²) >= 11 is 0. The second kappa shape index (κ2) is 6.29. The number of aromatic nitrogens is 1. The molecule has 6 nitrogen and oxygen atoms in total. The fourth-order valence-corrected chi connectivity index (χ4v) is 3.46. The van der Waals surface area contributed by atoms with Crippen molar-refractivity contribution in [3.05, 3.63) is 41.3 Å². The Hall–Kier alpha value is -2.45. The molecule has 8 heteroatoms. The van der Waals surface area contributed by atoms with Crippen LogP contribution in [0, 0.1) is 5.82 Å². The van der Waals surface area contributed by atoms with Crippen LogP contribution >= 0.6 is 0 Å². The van der Waals surface area contributed by atoms with E-state index in [-0.39, 0.29) is 11.7 Å². The first-order valence-corrected chi connectivity index (χ1v) is 9.31. The smallest absolute Gasteiger partial charge is 0.399 e. The Balaban J connectivity index is 1.76. The summed E-state index contributed by atoms with van der Waals surface area (Å²) in [4.78, 5) is 16.2. The standard InChI is InChI=1S/C20H23BFN3O3/c1-19(2)20(3,4)28-21(27-19)12-8-15(17(23)25-10-12)14-7-11-5-6-24-18(26)13(11)9-16(14)22/h7-10H,5-6H2,1-4H3,(H2,23,25)(H,24,26). The van der Waals surface area contributed by atoms with E-state index in [4.69, 9.17) is 15.0 Å². The maximum atomic E-state index is 14.8. The zero-order valence-electron chi connectivity index (χ0n) is 16.4. The fourth-order valence-electron chi connectivity index (χ4n) is 3.46. The molecule has 1 saturated heterocycles. The summed E-state index contributed by atoms with van der Waals surface area (Å²) in [5.74, 6) is -0.571. The number of benzene rings is 1. The van der Waals surface area contributed by atoms with Crippen LogP contribution in [0.1, 0.15) is 43.6 Å². The largest absolute Gasteiger partial charge is 0.496 e. The highest BCUT2D eigenvalue weighted by Gasteiger charge is 2.51. The van der Waals surface area contributed by atoms with Gasteiger partial charge in [-0.05, 0) is 57.9 Å². The number of nitrogens with zero attached hydrogens (tertiary/aromatic N) is 1. The Morgan fingerprint density at radius 2 is 1.79 bits per heavy atom. The number of amides is 1. The zero-order valence-corrected chi connectivity index (χ0v) is 16.4. The number of carbonyl (C=O) groups is 1. The summed E-state index contributed by atoms with van der Waals surface area (Å²) in [6, 6.07) is 4.70. The van der Waals surface area contributed by atoms with Crippen LogP contribution in [-0.2, 0) is 15.7 Å². The van der Waals surface area contributed by atoms with Crippen LogP contribution in [-0.4, -0.2) is 35.8 Å². The Kier molecular flexibility index (Phi) is 4.24. The summed E-state index contributed by atoms with van der Waals surface area (Å²) in [7, 11) is -0.622. The van der Waals surface area contributed by atoms with E-state index in [1.807, 2.05) is 27.7 Å². The summed E-state index contributed by atoms with van der Waals surface area (Å²) in [5, 5.41) is 2.72. The van der Waals surface area contributed by atoms with Crippen LogP contribution in [0.2, 0.25) is 0 Å². The van der Waals surface area contributed by atoms with Gasteiger partial charge in [0.15, 0.2) is 0 Å². The molecular weight excluding hydrogens is 360 g/mol. The molecule has 146 valence electrons. The van der Waals surface area contributed by atoms with Gasteiger partial charge in [0.25, 0.3) is 5.91 Å². The third-order valence-electron chi connectivity index (χ3n) is 5.87. The molecule has 0 unspecified atom stereocenters. The van der Waals surface area contributed by atoms with Crippen molar-refractivity contribution >= 4 is 24.3 Å². The second-order valence-corrected chi connectivity index (χ2v) is 8.28. The van der Waals surface area contributed by atoms with Crippen molar-refractivity contribution in [3.63, 3.8) is 0 Å². The average Bonchev–Trinajstić information content (AvgIpc) is 2.83. The van der Waals surface area contributed by atoms with Crippen molar-refractivity contribution in [2.75, 3.05) is 12.3 Å². The summed E-state index contributed by atoms with van der Waals surface area (Å²) in [6.07, 6.45) is 2.23. The lowest BCUT2D eigenvalue weighted by molar-refractivity contribution is 0.00578. The Labute approximate surface area is 163 Å². The molecule has 2 aliphatic rings. The van der Waals surface area contributed by atoms with E-state index in [1.165, 1.54) is 6.07 Å². The first-order valence-electron chi connectivity index (χ1n) is 9.31. The fraction of sp³-hybridized carbons (Fsp3) is 0.400. The number of fused-ring (bicyclic) bond motifs is 1. The minimum absolute atomic E-state index is 0.208. The van der Waals surface area contributed by atoms with Gasteiger partial charge >= 0.3 is 7.12 Å². The van der Waals surface area contributed by atoms with Crippen molar-refractivity contribution in [1.82, 2.24) is 10.3 Å².